The van der Waals surface area contributed by atoms with Gasteiger partial charge in [-0.1, -0.05) is 16.9 Å². The third kappa shape index (κ3) is 3.74. The minimum Gasteiger partial charge on any atom is -0.461 e. The molecule has 0 atom stereocenters. The molecule has 0 radical (unpaired) electrons. The second kappa shape index (κ2) is 7.34. The van der Waals surface area contributed by atoms with Crippen LogP contribution in [0.3, 0.4) is 0 Å². The largest absolute Gasteiger partial charge is 0.461 e. The monoisotopic (exact) mass is 336 g/mol. The fraction of sp³-hybridized carbons (Fsp3) is 0.357. The van der Waals surface area contributed by atoms with Crippen molar-refractivity contribution in [2.24, 2.45) is 0 Å². The lowest BCUT2D eigenvalue weighted by Gasteiger charge is -2.03. The Morgan fingerprint density at radius 1 is 1.43 bits per heavy atom. The molecular weight excluding hydrogens is 320 g/mol. The van der Waals surface area contributed by atoms with E-state index in [2.05, 4.69) is 15.4 Å². The molecule has 23 heavy (non-hydrogen) atoms. The minimum atomic E-state index is -0.222. The fourth-order valence-corrected chi connectivity index (χ4v) is 2.88. The van der Waals surface area contributed by atoms with Gasteiger partial charge in [0.05, 0.1) is 12.0 Å². The zero-order chi connectivity index (χ0) is 16.1. The molecule has 0 aliphatic heterocycles. The molecule has 8 nitrogen and oxygen atoms in total. The molecule has 0 aromatic carbocycles. The number of nitrogens with one attached hydrogen (secondary N) is 1. The smallest absolute Gasteiger partial charge is 0.343 e. The first kappa shape index (κ1) is 15.6. The van der Waals surface area contributed by atoms with Crippen molar-refractivity contribution < 1.29 is 13.7 Å². The summed E-state index contributed by atoms with van der Waals surface area (Å²) >= 11 is 1.42. The van der Waals surface area contributed by atoms with Gasteiger partial charge < -0.3 is 13.7 Å². The number of ether oxygens (including phenoxy) is 1. The molecule has 3 aromatic heterocycles. The highest BCUT2D eigenvalue weighted by atomic mass is 32.2. The van der Waals surface area contributed by atoms with Gasteiger partial charge in [-0.15, -0.1) is 5.10 Å². The highest BCUT2D eigenvalue weighted by Crippen LogP contribution is 2.24. The normalized spacial score (nSPS) is 11.2. The van der Waals surface area contributed by atoms with Crippen molar-refractivity contribution in [2.45, 2.75) is 23.9 Å². The second-order valence-electron chi connectivity index (χ2n) is 4.76. The van der Waals surface area contributed by atoms with Crippen molar-refractivity contribution in [3.63, 3.8) is 0 Å². The topological polar surface area (TPSA) is 99.1 Å². The summed E-state index contributed by atoms with van der Waals surface area (Å²) < 4.78 is 17.1. The Morgan fingerprint density at radius 3 is 3.13 bits per heavy atom. The van der Waals surface area contributed by atoms with Crippen molar-refractivity contribution in [3.05, 3.63) is 40.6 Å². The molecule has 0 saturated carbocycles. The summed E-state index contributed by atoms with van der Waals surface area (Å²) in [5.41, 5.74) is 0.528. The number of hydrogen-bond donors (Lipinski definition) is 1. The third-order valence-electron chi connectivity index (χ3n) is 3.13. The summed E-state index contributed by atoms with van der Waals surface area (Å²) in [5.74, 6) is 1.74. The molecule has 0 fully saturated rings. The average molecular weight is 336 g/mol. The van der Waals surface area contributed by atoms with Gasteiger partial charge in [0.2, 0.25) is 5.76 Å². The average Bonchev–Trinajstić information content (AvgIpc) is 3.27. The number of thioether (sulfide) groups is 1. The van der Waals surface area contributed by atoms with E-state index in [9.17, 15) is 4.79 Å². The van der Waals surface area contributed by atoms with Gasteiger partial charge in [0.25, 0.3) is 0 Å². The van der Waals surface area contributed by atoms with Gasteiger partial charge in [0, 0.05) is 32.1 Å². The predicted molar refractivity (Wildman–Crippen MR) is 83.1 cm³/mol. The standard InChI is InChI=1S/C14H16N4O4S/c1-20-6-3-5-18-13(19)15-16-14(18)23-9-10-8-12(22-17-10)11-4-2-7-21-11/h2,4,7-8H,3,5-6,9H2,1H3,(H,15,19). The number of hydrogen-bond acceptors (Lipinski definition) is 7. The van der Waals surface area contributed by atoms with Crippen LogP contribution in [0.15, 0.2) is 43.4 Å². The maximum atomic E-state index is 11.7. The summed E-state index contributed by atoms with van der Waals surface area (Å²) in [6.07, 6.45) is 2.32. The number of aromatic nitrogens is 4. The van der Waals surface area contributed by atoms with E-state index in [0.29, 0.717) is 35.6 Å². The molecule has 0 spiro atoms. The van der Waals surface area contributed by atoms with E-state index in [1.807, 2.05) is 6.07 Å². The van der Waals surface area contributed by atoms with Crippen LogP contribution in [0.1, 0.15) is 12.1 Å². The van der Waals surface area contributed by atoms with E-state index in [0.717, 1.165) is 12.1 Å². The molecule has 0 saturated heterocycles. The van der Waals surface area contributed by atoms with Gasteiger partial charge in [-0.3, -0.25) is 4.57 Å². The van der Waals surface area contributed by atoms with Crippen LogP contribution in [-0.4, -0.2) is 33.6 Å². The summed E-state index contributed by atoms with van der Waals surface area (Å²) in [6.45, 7) is 1.15. The number of aromatic amines is 1. The van der Waals surface area contributed by atoms with Crippen LogP contribution < -0.4 is 5.69 Å². The van der Waals surface area contributed by atoms with Crippen LogP contribution >= 0.6 is 11.8 Å². The van der Waals surface area contributed by atoms with Gasteiger partial charge in [-0.05, 0) is 18.6 Å². The molecule has 3 rings (SSSR count). The van der Waals surface area contributed by atoms with Gasteiger partial charge in [-0.2, -0.15) is 0 Å². The Hall–Kier alpha value is -2.26. The molecule has 1 N–H and O–H groups in total. The number of furan rings is 1. The summed E-state index contributed by atoms with van der Waals surface area (Å²) in [5, 5.41) is 11.1. The molecule has 3 heterocycles. The van der Waals surface area contributed by atoms with E-state index in [-0.39, 0.29) is 5.69 Å². The van der Waals surface area contributed by atoms with Crippen LogP contribution in [0.25, 0.3) is 11.5 Å². The second-order valence-corrected chi connectivity index (χ2v) is 5.70. The quantitative estimate of drug-likeness (QED) is 0.497. The van der Waals surface area contributed by atoms with Gasteiger partial charge in [0.15, 0.2) is 10.9 Å². The Morgan fingerprint density at radius 2 is 2.35 bits per heavy atom. The number of H-pyrrole nitrogens is 1. The lowest BCUT2D eigenvalue weighted by molar-refractivity contribution is 0.189. The van der Waals surface area contributed by atoms with E-state index in [1.54, 1.807) is 30.1 Å². The van der Waals surface area contributed by atoms with Crippen LogP contribution in [-0.2, 0) is 17.0 Å². The third-order valence-corrected chi connectivity index (χ3v) is 4.14. The minimum absolute atomic E-state index is 0.222. The van der Waals surface area contributed by atoms with Crippen LogP contribution in [0.5, 0.6) is 0 Å². The highest BCUT2D eigenvalue weighted by Gasteiger charge is 2.12. The first-order chi connectivity index (χ1) is 11.3. The number of nitrogens with zero attached hydrogens (tertiary/aromatic N) is 3. The zero-order valence-corrected chi connectivity index (χ0v) is 13.3. The first-order valence-corrected chi connectivity index (χ1v) is 8.03. The Labute approximate surface area is 135 Å². The summed E-state index contributed by atoms with van der Waals surface area (Å²) in [6, 6.07) is 5.40. The molecule has 0 aliphatic carbocycles. The zero-order valence-electron chi connectivity index (χ0n) is 12.5. The number of rotatable bonds is 8. The van der Waals surface area contributed by atoms with Gasteiger partial charge in [0.1, 0.15) is 0 Å². The Balaban J connectivity index is 1.63. The Kier molecular flexibility index (Phi) is 4.99. The molecule has 0 amide bonds. The van der Waals surface area contributed by atoms with Crippen LogP contribution in [0, 0.1) is 0 Å². The van der Waals surface area contributed by atoms with Crippen molar-refractivity contribution in [1.29, 1.82) is 0 Å². The lowest BCUT2D eigenvalue weighted by Crippen LogP contribution is -2.18. The van der Waals surface area contributed by atoms with E-state index in [1.165, 1.54) is 11.8 Å². The fourth-order valence-electron chi connectivity index (χ4n) is 2.03. The Bertz CT molecular complexity index is 790. The number of methoxy groups -OCH3 is 1. The lowest BCUT2D eigenvalue weighted by atomic mass is 10.3. The molecule has 3 aromatic rings. The molecular formula is C14H16N4O4S. The van der Waals surface area contributed by atoms with Gasteiger partial charge in [-0.25, -0.2) is 9.89 Å². The maximum Gasteiger partial charge on any atom is 0.343 e. The summed E-state index contributed by atoms with van der Waals surface area (Å²) in [7, 11) is 1.63. The first-order valence-electron chi connectivity index (χ1n) is 7.04. The highest BCUT2D eigenvalue weighted by molar-refractivity contribution is 7.98. The van der Waals surface area contributed by atoms with Crippen molar-refractivity contribution in [1.82, 2.24) is 19.9 Å². The predicted octanol–water partition coefficient (Wildman–Crippen LogP) is 2.15. The van der Waals surface area contributed by atoms with E-state index < -0.39 is 0 Å². The van der Waals surface area contributed by atoms with Crippen molar-refractivity contribution in [3.8, 4) is 11.5 Å². The summed E-state index contributed by atoms with van der Waals surface area (Å²) in [4.78, 5) is 11.7. The maximum absolute atomic E-state index is 11.7. The van der Waals surface area contributed by atoms with Gasteiger partial charge >= 0.3 is 5.69 Å². The van der Waals surface area contributed by atoms with Crippen LogP contribution in [0.2, 0.25) is 0 Å². The molecule has 0 aliphatic rings. The SMILES string of the molecule is COCCCn1c(SCc2cc(-c3ccco3)on2)n[nH]c1=O. The van der Waals surface area contributed by atoms with Crippen molar-refractivity contribution in [2.75, 3.05) is 13.7 Å². The molecule has 0 bridgehead atoms. The molecule has 0 unspecified atom stereocenters. The van der Waals surface area contributed by atoms with Crippen molar-refractivity contribution >= 4 is 11.8 Å². The van der Waals surface area contributed by atoms with E-state index >= 15 is 0 Å². The van der Waals surface area contributed by atoms with Crippen LogP contribution in [0.4, 0.5) is 0 Å². The molecule has 122 valence electrons. The molecule has 9 heteroatoms. The van der Waals surface area contributed by atoms with E-state index in [4.69, 9.17) is 13.7 Å².